The second-order valence-electron chi connectivity index (χ2n) is 4.11. The Labute approximate surface area is 129 Å². The van der Waals surface area contributed by atoms with Gasteiger partial charge in [0.05, 0.1) is 5.56 Å². The molecule has 0 aliphatic carbocycles. The van der Waals surface area contributed by atoms with Gasteiger partial charge in [-0.2, -0.15) is 0 Å². The second kappa shape index (κ2) is 6.35. The van der Waals surface area contributed by atoms with E-state index in [9.17, 15) is 4.79 Å². The van der Waals surface area contributed by atoms with Crippen LogP contribution < -0.4 is 0 Å². The van der Waals surface area contributed by atoms with E-state index < -0.39 is 0 Å². The van der Waals surface area contributed by atoms with Gasteiger partial charge in [0.2, 0.25) is 0 Å². The fourth-order valence-electron chi connectivity index (χ4n) is 1.62. The topological polar surface area (TPSA) is 26.3 Å². The molecule has 19 heavy (non-hydrogen) atoms. The van der Waals surface area contributed by atoms with E-state index in [2.05, 4.69) is 31.9 Å². The van der Waals surface area contributed by atoms with Crippen molar-refractivity contribution in [1.82, 2.24) is 0 Å². The molecule has 98 valence electrons. The number of hydrogen-bond donors (Lipinski definition) is 0. The molecule has 0 aliphatic rings. The van der Waals surface area contributed by atoms with Crippen LogP contribution in [0.5, 0.6) is 0 Å². The lowest BCUT2D eigenvalue weighted by Crippen LogP contribution is -2.09. The standard InChI is InChI=1S/C15H12Br2O2/c1-10(11-2-6-13(16)7-3-11)19-15(18)12-4-8-14(17)9-5-12/h2-10H,1H3. The number of ether oxygens (including phenoxy) is 1. The summed E-state index contributed by atoms with van der Waals surface area (Å²) in [6, 6.07) is 14.8. The predicted octanol–water partition coefficient (Wildman–Crippen LogP) is 5.13. The minimum atomic E-state index is -0.317. The summed E-state index contributed by atoms with van der Waals surface area (Å²) in [5.74, 6) is -0.317. The zero-order chi connectivity index (χ0) is 13.8. The summed E-state index contributed by atoms with van der Waals surface area (Å²) in [6.45, 7) is 1.86. The Hall–Kier alpha value is -1.13. The van der Waals surface area contributed by atoms with E-state index in [1.807, 2.05) is 43.3 Å². The Balaban J connectivity index is 2.06. The summed E-state index contributed by atoms with van der Waals surface area (Å²) < 4.78 is 7.37. The molecule has 0 bridgehead atoms. The minimum Gasteiger partial charge on any atom is -0.454 e. The van der Waals surface area contributed by atoms with Gasteiger partial charge in [0.1, 0.15) is 6.10 Å². The minimum absolute atomic E-state index is 0.274. The van der Waals surface area contributed by atoms with Crippen molar-refractivity contribution in [3.63, 3.8) is 0 Å². The van der Waals surface area contributed by atoms with Gasteiger partial charge in [-0.3, -0.25) is 0 Å². The molecule has 0 heterocycles. The Morgan fingerprint density at radius 1 is 0.947 bits per heavy atom. The predicted molar refractivity (Wildman–Crippen MR) is 82.1 cm³/mol. The zero-order valence-corrected chi connectivity index (χ0v) is 13.4. The monoisotopic (exact) mass is 382 g/mol. The summed E-state index contributed by atoms with van der Waals surface area (Å²) in [4.78, 5) is 12.0. The lowest BCUT2D eigenvalue weighted by atomic mass is 10.1. The van der Waals surface area contributed by atoms with Crippen LogP contribution in [0.4, 0.5) is 0 Å². The Morgan fingerprint density at radius 2 is 1.42 bits per heavy atom. The molecular formula is C15H12Br2O2. The van der Waals surface area contributed by atoms with E-state index in [-0.39, 0.29) is 12.1 Å². The molecule has 0 aromatic heterocycles. The van der Waals surface area contributed by atoms with E-state index in [1.165, 1.54) is 0 Å². The van der Waals surface area contributed by atoms with E-state index in [4.69, 9.17) is 4.74 Å². The molecule has 0 N–H and O–H groups in total. The van der Waals surface area contributed by atoms with Crippen molar-refractivity contribution < 1.29 is 9.53 Å². The average molecular weight is 384 g/mol. The molecule has 2 rings (SSSR count). The second-order valence-corrected chi connectivity index (χ2v) is 5.94. The SMILES string of the molecule is CC(OC(=O)c1ccc(Br)cc1)c1ccc(Br)cc1. The van der Waals surface area contributed by atoms with Crippen molar-refractivity contribution in [3.05, 3.63) is 68.6 Å². The zero-order valence-electron chi connectivity index (χ0n) is 10.3. The summed E-state index contributed by atoms with van der Waals surface area (Å²) in [5, 5.41) is 0. The first-order chi connectivity index (χ1) is 9.06. The molecule has 1 unspecified atom stereocenters. The highest BCUT2D eigenvalue weighted by Crippen LogP contribution is 2.21. The van der Waals surface area contributed by atoms with Gasteiger partial charge in [-0.1, -0.05) is 44.0 Å². The van der Waals surface area contributed by atoms with Crippen molar-refractivity contribution in [2.75, 3.05) is 0 Å². The highest BCUT2D eigenvalue weighted by Gasteiger charge is 2.13. The maximum absolute atomic E-state index is 12.0. The van der Waals surface area contributed by atoms with Crippen molar-refractivity contribution in [3.8, 4) is 0 Å². The molecule has 0 aliphatic heterocycles. The largest absolute Gasteiger partial charge is 0.454 e. The van der Waals surface area contributed by atoms with Crippen LogP contribution in [0.25, 0.3) is 0 Å². The van der Waals surface area contributed by atoms with Crippen LogP contribution in [0.15, 0.2) is 57.5 Å². The van der Waals surface area contributed by atoms with E-state index in [1.54, 1.807) is 12.1 Å². The number of carbonyl (C=O) groups excluding carboxylic acids is 1. The van der Waals surface area contributed by atoms with Crippen LogP contribution in [0.1, 0.15) is 28.9 Å². The number of hydrogen-bond acceptors (Lipinski definition) is 2. The van der Waals surface area contributed by atoms with Gasteiger partial charge < -0.3 is 4.74 Å². The molecular weight excluding hydrogens is 372 g/mol. The van der Waals surface area contributed by atoms with Crippen LogP contribution in [0.3, 0.4) is 0 Å². The third-order valence-electron chi connectivity index (χ3n) is 2.70. The van der Waals surface area contributed by atoms with Gasteiger partial charge in [0, 0.05) is 8.95 Å². The van der Waals surface area contributed by atoms with Gasteiger partial charge in [-0.15, -0.1) is 0 Å². The lowest BCUT2D eigenvalue weighted by Gasteiger charge is -2.13. The highest BCUT2D eigenvalue weighted by molar-refractivity contribution is 9.10. The van der Waals surface area contributed by atoms with E-state index >= 15 is 0 Å². The van der Waals surface area contributed by atoms with E-state index in [0.29, 0.717) is 5.56 Å². The van der Waals surface area contributed by atoms with Crippen LogP contribution >= 0.6 is 31.9 Å². The maximum Gasteiger partial charge on any atom is 0.338 e. The smallest absolute Gasteiger partial charge is 0.338 e. The van der Waals surface area contributed by atoms with Crippen molar-refractivity contribution in [2.45, 2.75) is 13.0 Å². The number of esters is 1. The molecule has 2 aromatic rings. The van der Waals surface area contributed by atoms with Crippen molar-refractivity contribution in [2.24, 2.45) is 0 Å². The van der Waals surface area contributed by atoms with Gasteiger partial charge >= 0.3 is 5.97 Å². The van der Waals surface area contributed by atoms with Crippen LogP contribution in [-0.4, -0.2) is 5.97 Å². The van der Waals surface area contributed by atoms with Crippen molar-refractivity contribution in [1.29, 1.82) is 0 Å². The van der Waals surface area contributed by atoms with Gasteiger partial charge in [-0.05, 0) is 48.9 Å². The van der Waals surface area contributed by atoms with Gasteiger partial charge in [-0.25, -0.2) is 4.79 Å². The molecule has 2 aromatic carbocycles. The molecule has 0 spiro atoms. The maximum atomic E-state index is 12.0. The molecule has 0 amide bonds. The number of rotatable bonds is 3. The molecule has 0 fully saturated rings. The quantitative estimate of drug-likeness (QED) is 0.686. The summed E-state index contributed by atoms with van der Waals surface area (Å²) in [7, 11) is 0. The van der Waals surface area contributed by atoms with Crippen LogP contribution in [0, 0.1) is 0 Å². The van der Waals surface area contributed by atoms with Gasteiger partial charge in [0.15, 0.2) is 0 Å². The van der Waals surface area contributed by atoms with Crippen LogP contribution in [0.2, 0.25) is 0 Å². The lowest BCUT2D eigenvalue weighted by molar-refractivity contribution is 0.0338. The Morgan fingerprint density at radius 3 is 1.95 bits per heavy atom. The fourth-order valence-corrected chi connectivity index (χ4v) is 2.15. The Bertz CT molecular complexity index is 562. The number of halogens is 2. The average Bonchev–Trinajstić information content (AvgIpc) is 2.40. The number of carbonyl (C=O) groups is 1. The van der Waals surface area contributed by atoms with E-state index in [0.717, 1.165) is 14.5 Å². The molecule has 0 saturated carbocycles. The molecule has 0 saturated heterocycles. The molecule has 1 atom stereocenters. The van der Waals surface area contributed by atoms with Crippen LogP contribution in [-0.2, 0) is 4.74 Å². The van der Waals surface area contributed by atoms with Crippen molar-refractivity contribution >= 4 is 37.8 Å². The summed E-state index contributed by atoms with van der Waals surface area (Å²) >= 11 is 6.71. The highest BCUT2D eigenvalue weighted by atomic mass is 79.9. The summed E-state index contributed by atoms with van der Waals surface area (Å²) in [6.07, 6.45) is -0.274. The molecule has 4 heteroatoms. The first-order valence-corrected chi connectivity index (χ1v) is 7.37. The van der Waals surface area contributed by atoms with Gasteiger partial charge in [0.25, 0.3) is 0 Å². The first kappa shape index (κ1) is 14.3. The molecule has 2 nitrogen and oxygen atoms in total. The normalized spacial score (nSPS) is 11.9. The fraction of sp³-hybridized carbons (Fsp3) is 0.133. The Kier molecular flexibility index (Phi) is 4.77. The first-order valence-electron chi connectivity index (χ1n) is 5.78. The third kappa shape index (κ3) is 3.91. The summed E-state index contributed by atoms with van der Waals surface area (Å²) in [5.41, 5.74) is 1.51. The molecule has 0 radical (unpaired) electrons. The third-order valence-corrected chi connectivity index (χ3v) is 3.76. The number of benzene rings is 2.